The molecule has 0 atom stereocenters. The van der Waals surface area contributed by atoms with E-state index in [1.807, 2.05) is 0 Å². The first-order valence-electron chi connectivity index (χ1n) is 5.47. The van der Waals surface area contributed by atoms with Gasteiger partial charge in [0.05, 0.1) is 5.60 Å². The van der Waals surface area contributed by atoms with Crippen LogP contribution in [0, 0.1) is 0 Å². The molecular formula is C12H14ClNO3. The molecule has 92 valence electrons. The monoisotopic (exact) mass is 255 g/mol. The molecule has 0 aliphatic carbocycles. The van der Waals surface area contributed by atoms with Crippen molar-refractivity contribution in [2.75, 3.05) is 13.1 Å². The van der Waals surface area contributed by atoms with Gasteiger partial charge < -0.3 is 15.1 Å². The molecule has 0 unspecified atom stereocenters. The molecule has 0 radical (unpaired) electrons. The summed E-state index contributed by atoms with van der Waals surface area (Å²) >= 11 is 5.79. The van der Waals surface area contributed by atoms with Crippen molar-refractivity contribution < 1.29 is 15.0 Å². The van der Waals surface area contributed by atoms with Gasteiger partial charge >= 0.3 is 6.09 Å². The first-order chi connectivity index (χ1) is 8.01. The largest absolute Gasteiger partial charge is 0.465 e. The molecule has 1 heterocycles. The first kappa shape index (κ1) is 12.2. The van der Waals surface area contributed by atoms with E-state index < -0.39 is 11.7 Å². The highest BCUT2D eigenvalue weighted by atomic mass is 35.5. The van der Waals surface area contributed by atoms with Gasteiger partial charge in [-0.25, -0.2) is 4.79 Å². The molecule has 4 nitrogen and oxygen atoms in total. The lowest BCUT2D eigenvalue weighted by molar-refractivity contribution is -0.0213. The van der Waals surface area contributed by atoms with Crippen LogP contribution >= 0.6 is 11.6 Å². The summed E-state index contributed by atoms with van der Waals surface area (Å²) in [6.45, 7) is 0.711. The Morgan fingerprint density at radius 1 is 1.24 bits per heavy atom. The topological polar surface area (TPSA) is 60.8 Å². The Bertz CT molecular complexity index is 410. The molecule has 0 spiro atoms. The smallest absolute Gasteiger partial charge is 0.407 e. The highest BCUT2D eigenvalue weighted by molar-refractivity contribution is 6.30. The van der Waals surface area contributed by atoms with Crippen molar-refractivity contribution in [3.63, 3.8) is 0 Å². The Hall–Kier alpha value is -1.26. The molecule has 0 saturated carbocycles. The third-order valence-corrected chi connectivity index (χ3v) is 3.49. The molecule has 5 heteroatoms. The van der Waals surface area contributed by atoms with E-state index in [0.717, 1.165) is 5.56 Å². The number of amides is 1. The minimum absolute atomic E-state index is 0.356. The summed E-state index contributed by atoms with van der Waals surface area (Å²) in [6, 6.07) is 7.05. The van der Waals surface area contributed by atoms with Gasteiger partial charge in [-0.2, -0.15) is 0 Å². The number of piperidine rings is 1. The second-order valence-corrected chi connectivity index (χ2v) is 4.74. The van der Waals surface area contributed by atoms with Crippen molar-refractivity contribution in [1.29, 1.82) is 0 Å². The summed E-state index contributed by atoms with van der Waals surface area (Å²) in [5.74, 6) is 0. The minimum atomic E-state index is -0.934. The fraction of sp³-hybridized carbons (Fsp3) is 0.417. The first-order valence-corrected chi connectivity index (χ1v) is 5.85. The Kier molecular flexibility index (Phi) is 3.26. The maximum Gasteiger partial charge on any atom is 0.407 e. The quantitative estimate of drug-likeness (QED) is 0.810. The van der Waals surface area contributed by atoms with E-state index in [1.54, 1.807) is 24.3 Å². The van der Waals surface area contributed by atoms with E-state index in [4.69, 9.17) is 16.7 Å². The Morgan fingerprint density at radius 2 is 1.76 bits per heavy atom. The lowest BCUT2D eigenvalue weighted by Crippen LogP contribution is -2.44. The predicted molar refractivity (Wildman–Crippen MR) is 64.2 cm³/mol. The van der Waals surface area contributed by atoms with Crippen molar-refractivity contribution >= 4 is 17.7 Å². The second kappa shape index (κ2) is 4.55. The van der Waals surface area contributed by atoms with Gasteiger partial charge in [-0.3, -0.25) is 0 Å². The van der Waals surface area contributed by atoms with Crippen LogP contribution in [0.5, 0.6) is 0 Å². The van der Waals surface area contributed by atoms with E-state index in [1.165, 1.54) is 4.90 Å². The van der Waals surface area contributed by atoms with Crippen LogP contribution in [0.3, 0.4) is 0 Å². The van der Waals surface area contributed by atoms with Crippen molar-refractivity contribution in [3.8, 4) is 0 Å². The number of carbonyl (C=O) groups is 1. The van der Waals surface area contributed by atoms with Crippen molar-refractivity contribution in [2.45, 2.75) is 18.4 Å². The maximum absolute atomic E-state index is 10.8. The molecule has 0 aromatic heterocycles. The van der Waals surface area contributed by atoms with Crippen LogP contribution in [-0.2, 0) is 5.60 Å². The molecule has 1 aliphatic rings. The van der Waals surface area contributed by atoms with Crippen LogP contribution in [0.2, 0.25) is 5.02 Å². The van der Waals surface area contributed by atoms with Gasteiger partial charge in [-0.05, 0) is 30.5 Å². The summed E-state index contributed by atoms with van der Waals surface area (Å²) in [4.78, 5) is 12.1. The molecule has 1 aromatic rings. The number of benzene rings is 1. The SMILES string of the molecule is O=C(O)N1CCC(O)(c2ccc(Cl)cc2)CC1. The summed E-state index contributed by atoms with van der Waals surface area (Å²) in [5.41, 5.74) is -0.136. The zero-order chi connectivity index (χ0) is 12.5. The molecule has 1 amide bonds. The van der Waals surface area contributed by atoms with Crippen LogP contribution in [0.1, 0.15) is 18.4 Å². The number of hydrogen-bond acceptors (Lipinski definition) is 2. The summed E-state index contributed by atoms with van der Waals surface area (Å²) in [5, 5.41) is 19.9. The lowest BCUT2D eigenvalue weighted by atomic mass is 9.84. The van der Waals surface area contributed by atoms with E-state index >= 15 is 0 Å². The van der Waals surface area contributed by atoms with Crippen LogP contribution in [-0.4, -0.2) is 34.3 Å². The molecule has 1 saturated heterocycles. The average molecular weight is 256 g/mol. The Labute approximate surface area is 104 Å². The lowest BCUT2D eigenvalue weighted by Gasteiger charge is -2.37. The highest BCUT2D eigenvalue weighted by Gasteiger charge is 2.35. The van der Waals surface area contributed by atoms with Gasteiger partial charge in [0, 0.05) is 18.1 Å². The van der Waals surface area contributed by atoms with Crippen LogP contribution < -0.4 is 0 Å². The molecule has 2 rings (SSSR count). The number of halogens is 1. The zero-order valence-corrected chi connectivity index (χ0v) is 10.0. The molecule has 17 heavy (non-hydrogen) atoms. The highest BCUT2D eigenvalue weighted by Crippen LogP contribution is 2.33. The number of rotatable bonds is 1. The van der Waals surface area contributed by atoms with Crippen molar-refractivity contribution in [2.24, 2.45) is 0 Å². The van der Waals surface area contributed by atoms with E-state index in [0.29, 0.717) is 31.0 Å². The molecular weight excluding hydrogens is 242 g/mol. The minimum Gasteiger partial charge on any atom is -0.465 e. The second-order valence-electron chi connectivity index (χ2n) is 4.31. The van der Waals surface area contributed by atoms with Gasteiger partial charge in [0.25, 0.3) is 0 Å². The average Bonchev–Trinajstić information content (AvgIpc) is 2.30. The van der Waals surface area contributed by atoms with Crippen LogP contribution in [0.15, 0.2) is 24.3 Å². The van der Waals surface area contributed by atoms with Crippen LogP contribution in [0.25, 0.3) is 0 Å². The number of nitrogens with zero attached hydrogens (tertiary/aromatic N) is 1. The van der Waals surface area contributed by atoms with E-state index in [-0.39, 0.29) is 0 Å². The summed E-state index contributed by atoms with van der Waals surface area (Å²) in [6.07, 6.45) is -0.0924. The molecule has 1 aromatic carbocycles. The fourth-order valence-corrected chi connectivity index (χ4v) is 2.24. The number of carboxylic acid groups (broad SMARTS) is 1. The number of hydrogen-bond donors (Lipinski definition) is 2. The van der Waals surface area contributed by atoms with Crippen molar-refractivity contribution in [1.82, 2.24) is 4.90 Å². The van der Waals surface area contributed by atoms with Crippen molar-refractivity contribution in [3.05, 3.63) is 34.9 Å². The van der Waals surface area contributed by atoms with Gasteiger partial charge in [-0.15, -0.1) is 0 Å². The standard InChI is InChI=1S/C12H14ClNO3/c13-10-3-1-9(2-4-10)12(17)5-7-14(8-6-12)11(15)16/h1-4,17H,5-8H2,(H,15,16). The Balaban J connectivity index is 2.11. The maximum atomic E-state index is 10.8. The Morgan fingerprint density at radius 3 is 2.24 bits per heavy atom. The molecule has 2 N–H and O–H groups in total. The molecule has 1 aliphatic heterocycles. The third-order valence-electron chi connectivity index (χ3n) is 3.24. The summed E-state index contributed by atoms with van der Waals surface area (Å²) in [7, 11) is 0. The number of likely N-dealkylation sites (tertiary alicyclic amines) is 1. The van der Waals surface area contributed by atoms with Gasteiger partial charge in [-0.1, -0.05) is 23.7 Å². The summed E-state index contributed by atoms with van der Waals surface area (Å²) < 4.78 is 0. The van der Waals surface area contributed by atoms with Gasteiger partial charge in [0.1, 0.15) is 0 Å². The molecule has 0 bridgehead atoms. The number of aliphatic hydroxyl groups is 1. The fourth-order valence-electron chi connectivity index (χ4n) is 2.12. The normalized spacial score (nSPS) is 19.1. The zero-order valence-electron chi connectivity index (χ0n) is 9.27. The van der Waals surface area contributed by atoms with Gasteiger partial charge in [0.2, 0.25) is 0 Å². The third kappa shape index (κ3) is 2.53. The molecule has 1 fully saturated rings. The van der Waals surface area contributed by atoms with Gasteiger partial charge in [0.15, 0.2) is 0 Å². The van der Waals surface area contributed by atoms with Crippen LogP contribution in [0.4, 0.5) is 4.79 Å². The van der Waals surface area contributed by atoms with E-state index in [2.05, 4.69) is 0 Å². The van der Waals surface area contributed by atoms with E-state index in [9.17, 15) is 9.90 Å². The predicted octanol–water partition coefficient (Wildman–Crippen LogP) is 2.30.